The maximum Gasteiger partial charge on any atom is 0.442 e. The van der Waals surface area contributed by atoms with Crippen LogP contribution in [0.2, 0.25) is 0 Å². The fourth-order valence-electron chi connectivity index (χ4n) is 0.877. The molecule has 1 rings (SSSR count). The van der Waals surface area contributed by atoms with Crippen LogP contribution in [0, 0.1) is 0 Å². The molecule has 0 unspecified atom stereocenters. The zero-order chi connectivity index (χ0) is 10.8. The first-order valence-electron chi connectivity index (χ1n) is 3.69. The van der Waals surface area contributed by atoms with Crippen molar-refractivity contribution in [3.63, 3.8) is 0 Å². The first-order chi connectivity index (χ1) is 6.39. The Morgan fingerprint density at radius 1 is 1.29 bits per heavy atom. The van der Waals surface area contributed by atoms with E-state index in [1.165, 1.54) is 24.3 Å². The smallest absolute Gasteiger partial charge is 0.399 e. The molecule has 1 aromatic carbocycles. The largest absolute Gasteiger partial charge is 0.442 e. The van der Waals surface area contributed by atoms with Crippen molar-refractivity contribution in [2.45, 2.75) is 6.18 Å². The third-order valence-electron chi connectivity index (χ3n) is 1.47. The highest BCUT2D eigenvalue weighted by molar-refractivity contribution is 5.57. The molecule has 0 saturated heterocycles. The first-order valence-corrected chi connectivity index (χ1v) is 3.69. The number of halogens is 4. The zero-order valence-electron chi connectivity index (χ0n) is 6.98. The van der Waals surface area contributed by atoms with E-state index in [4.69, 9.17) is 5.73 Å². The van der Waals surface area contributed by atoms with E-state index in [2.05, 4.69) is 0 Å². The SMILES string of the molecule is Nc1cccc(/C=C(/F)C(F)(F)F)c1. The van der Waals surface area contributed by atoms with Gasteiger partial charge in [0.05, 0.1) is 0 Å². The molecule has 1 nitrogen and oxygen atoms in total. The third kappa shape index (κ3) is 2.76. The minimum atomic E-state index is -4.94. The molecule has 0 aliphatic heterocycles. The quantitative estimate of drug-likeness (QED) is 0.553. The molecule has 76 valence electrons. The van der Waals surface area contributed by atoms with Crippen LogP contribution in [-0.4, -0.2) is 6.18 Å². The van der Waals surface area contributed by atoms with E-state index in [1.807, 2.05) is 0 Å². The molecule has 2 N–H and O–H groups in total. The van der Waals surface area contributed by atoms with Gasteiger partial charge in [-0.15, -0.1) is 0 Å². The van der Waals surface area contributed by atoms with Gasteiger partial charge in [0.2, 0.25) is 5.83 Å². The van der Waals surface area contributed by atoms with E-state index < -0.39 is 12.0 Å². The Morgan fingerprint density at radius 2 is 1.93 bits per heavy atom. The normalized spacial score (nSPS) is 13.0. The topological polar surface area (TPSA) is 26.0 Å². The van der Waals surface area contributed by atoms with Crippen molar-refractivity contribution >= 4 is 11.8 Å². The van der Waals surface area contributed by atoms with Crippen LogP contribution in [-0.2, 0) is 0 Å². The van der Waals surface area contributed by atoms with Crippen LogP contribution in [0.5, 0.6) is 0 Å². The van der Waals surface area contributed by atoms with Crippen molar-refractivity contribution in [3.05, 3.63) is 35.7 Å². The Balaban J connectivity index is 2.98. The van der Waals surface area contributed by atoms with Gasteiger partial charge in [0, 0.05) is 5.69 Å². The summed E-state index contributed by atoms with van der Waals surface area (Å²) in [6.45, 7) is 0. The van der Waals surface area contributed by atoms with Crippen molar-refractivity contribution in [1.29, 1.82) is 0 Å². The highest BCUT2D eigenvalue weighted by Crippen LogP contribution is 2.28. The summed E-state index contributed by atoms with van der Waals surface area (Å²) in [4.78, 5) is 0. The van der Waals surface area contributed by atoms with Gasteiger partial charge in [-0.05, 0) is 23.8 Å². The lowest BCUT2D eigenvalue weighted by molar-refractivity contribution is -0.107. The number of benzene rings is 1. The van der Waals surface area contributed by atoms with Gasteiger partial charge in [-0.25, -0.2) is 4.39 Å². The molecule has 0 bridgehead atoms. The molecule has 5 heteroatoms. The lowest BCUT2D eigenvalue weighted by Gasteiger charge is -2.02. The first kappa shape index (κ1) is 10.6. The van der Waals surface area contributed by atoms with Gasteiger partial charge < -0.3 is 5.73 Å². The second-order valence-electron chi connectivity index (χ2n) is 2.66. The van der Waals surface area contributed by atoms with Gasteiger partial charge in [0.15, 0.2) is 0 Å². The summed E-state index contributed by atoms with van der Waals surface area (Å²) in [5, 5.41) is 0. The van der Waals surface area contributed by atoms with E-state index in [-0.39, 0.29) is 11.3 Å². The average molecular weight is 205 g/mol. The van der Waals surface area contributed by atoms with Gasteiger partial charge in [0.1, 0.15) is 0 Å². The highest BCUT2D eigenvalue weighted by Gasteiger charge is 2.34. The summed E-state index contributed by atoms with van der Waals surface area (Å²) in [7, 11) is 0. The Labute approximate surface area is 77.8 Å². The summed E-state index contributed by atoms with van der Waals surface area (Å²) < 4.78 is 47.7. The summed E-state index contributed by atoms with van der Waals surface area (Å²) in [5.74, 6) is -2.14. The lowest BCUT2D eigenvalue weighted by atomic mass is 10.2. The lowest BCUT2D eigenvalue weighted by Crippen LogP contribution is -2.07. The molecule has 0 spiro atoms. The van der Waals surface area contributed by atoms with Crippen LogP contribution in [0.3, 0.4) is 0 Å². The monoisotopic (exact) mass is 205 g/mol. The van der Waals surface area contributed by atoms with Crippen LogP contribution in [0.25, 0.3) is 6.08 Å². The summed E-state index contributed by atoms with van der Waals surface area (Å²) in [6.07, 6.45) is -4.54. The number of rotatable bonds is 1. The van der Waals surface area contributed by atoms with Crippen LogP contribution in [0.1, 0.15) is 5.56 Å². The molecule has 0 aliphatic rings. The maximum atomic E-state index is 12.4. The number of allylic oxidation sites excluding steroid dienone is 1. The summed E-state index contributed by atoms with van der Waals surface area (Å²) >= 11 is 0. The Hall–Kier alpha value is -1.52. The number of nitrogens with two attached hydrogens (primary N) is 1. The van der Waals surface area contributed by atoms with Crippen LogP contribution >= 0.6 is 0 Å². The molecule has 0 fully saturated rings. The van der Waals surface area contributed by atoms with Crippen molar-refractivity contribution in [1.82, 2.24) is 0 Å². The number of alkyl halides is 3. The van der Waals surface area contributed by atoms with Crippen molar-refractivity contribution in [3.8, 4) is 0 Å². The van der Waals surface area contributed by atoms with Crippen LogP contribution in [0.15, 0.2) is 30.1 Å². The molecule has 1 aromatic rings. The van der Waals surface area contributed by atoms with Gasteiger partial charge in [0.25, 0.3) is 0 Å². The number of hydrogen-bond donors (Lipinski definition) is 1. The average Bonchev–Trinajstić information content (AvgIpc) is 2.02. The van der Waals surface area contributed by atoms with Crippen LogP contribution in [0.4, 0.5) is 23.2 Å². The number of hydrogen-bond acceptors (Lipinski definition) is 1. The molecule has 0 heterocycles. The molecular formula is C9H7F4N. The van der Waals surface area contributed by atoms with Gasteiger partial charge in [-0.3, -0.25) is 0 Å². The van der Waals surface area contributed by atoms with Crippen molar-refractivity contribution < 1.29 is 17.6 Å². The second-order valence-corrected chi connectivity index (χ2v) is 2.66. The molecule has 14 heavy (non-hydrogen) atoms. The Bertz CT molecular complexity index is 354. The van der Waals surface area contributed by atoms with Gasteiger partial charge >= 0.3 is 6.18 Å². The molecule has 0 aromatic heterocycles. The predicted octanol–water partition coefficient (Wildman–Crippen LogP) is 3.14. The Kier molecular flexibility index (Phi) is 2.78. The van der Waals surface area contributed by atoms with Gasteiger partial charge in [-0.2, -0.15) is 13.2 Å². The fourth-order valence-corrected chi connectivity index (χ4v) is 0.877. The molecule has 0 amide bonds. The van der Waals surface area contributed by atoms with Crippen LogP contribution < -0.4 is 5.73 Å². The zero-order valence-corrected chi connectivity index (χ0v) is 6.98. The van der Waals surface area contributed by atoms with Gasteiger partial charge in [-0.1, -0.05) is 12.1 Å². The van der Waals surface area contributed by atoms with E-state index in [0.29, 0.717) is 6.08 Å². The van der Waals surface area contributed by atoms with E-state index in [1.54, 1.807) is 0 Å². The van der Waals surface area contributed by atoms with E-state index >= 15 is 0 Å². The Morgan fingerprint density at radius 3 is 2.43 bits per heavy atom. The fraction of sp³-hybridized carbons (Fsp3) is 0.111. The standard InChI is InChI=1S/C9H7F4N/c10-8(9(11,12)13)5-6-2-1-3-7(14)4-6/h1-5H,14H2/b8-5+. The minimum Gasteiger partial charge on any atom is -0.399 e. The minimum absolute atomic E-state index is 0.0832. The second kappa shape index (κ2) is 3.69. The number of nitrogen functional groups attached to an aromatic ring is 1. The number of anilines is 1. The summed E-state index contributed by atoms with van der Waals surface area (Å²) in [5.41, 5.74) is 5.68. The molecule has 0 aliphatic carbocycles. The third-order valence-corrected chi connectivity index (χ3v) is 1.47. The highest BCUT2D eigenvalue weighted by atomic mass is 19.4. The molecule has 0 saturated carbocycles. The van der Waals surface area contributed by atoms with E-state index in [9.17, 15) is 17.6 Å². The molecule has 0 atom stereocenters. The van der Waals surface area contributed by atoms with Crippen molar-refractivity contribution in [2.24, 2.45) is 0 Å². The molecular weight excluding hydrogens is 198 g/mol. The summed E-state index contributed by atoms with van der Waals surface area (Å²) in [6, 6.07) is 5.54. The molecule has 0 radical (unpaired) electrons. The van der Waals surface area contributed by atoms with E-state index in [0.717, 1.165) is 0 Å². The van der Waals surface area contributed by atoms with Crippen molar-refractivity contribution in [2.75, 3.05) is 5.73 Å². The maximum absolute atomic E-state index is 12.4. The predicted molar refractivity (Wildman–Crippen MR) is 46.0 cm³/mol.